The molecule has 0 aliphatic carbocycles. The standard InChI is InChI=1S/C17H16N2O5/c1-2-17(21)18-13-9-7-12(8-10-13)15(20)11-24-16-6-4-3-5-14(16)19(22)23/h3-10H,2,11H2,1H3,(H,18,21). The van der Waals surface area contributed by atoms with Crippen molar-refractivity contribution < 1.29 is 19.2 Å². The van der Waals surface area contributed by atoms with Gasteiger partial charge in [0.25, 0.3) is 0 Å². The first-order valence-corrected chi connectivity index (χ1v) is 7.30. The van der Waals surface area contributed by atoms with E-state index in [9.17, 15) is 19.7 Å². The van der Waals surface area contributed by atoms with Crippen molar-refractivity contribution in [2.75, 3.05) is 11.9 Å². The molecule has 24 heavy (non-hydrogen) atoms. The molecule has 0 spiro atoms. The normalized spacial score (nSPS) is 10.0. The molecule has 0 heterocycles. The molecule has 1 amide bonds. The highest BCUT2D eigenvalue weighted by molar-refractivity contribution is 5.98. The SMILES string of the molecule is CCC(=O)Nc1ccc(C(=O)COc2ccccc2[N+](=O)[O-])cc1. The number of Topliss-reactive ketones (excluding diaryl/α,β-unsaturated/α-hetero) is 1. The summed E-state index contributed by atoms with van der Waals surface area (Å²) in [6.45, 7) is 1.43. The number of nitro groups is 1. The quantitative estimate of drug-likeness (QED) is 0.478. The smallest absolute Gasteiger partial charge is 0.310 e. The number of hydrogen-bond donors (Lipinski definition) is 1. The minimum absolute atomic E-state index is 0.0441. The summed E-state index contributed by atoms with van der Waals surface area (Å²) in [5.41, 5.74) is 0.795. The average Bonchev–Trinajstić information content (AvgIpc) is 2.60. The van der Waals surface area contributed by atoms with E-state index in [1.165, 1.54) is 18.2 Å². The van der Waals surface area contributed by atoms with Gasteiger partial charge in [0, 0.05) is 23.7 Å². The molecular formula is C17H16N2O5. The average molecular weight is 328 g/mol. The maximum absolute atomic E-state index is 12.1. The highest BCUT2D eigenvalue weighted by Gasteiger charge is 2.15. The summed E-state index contributed by atoms with van der Waals surface area (Å²) in [6.07, 6.45) is 0.365. The van der Waals surface area contributed by atoms with Gasteiger partial charge in [0.15, 0.2) is 18.1 Å². The lowest BCUT2D eigenvalue weighted by Gasteiger charge is -2.07. The number of nitrogens with one attached hydrogen (secondary N) is 1. The number of carbonyl (C=O) groups excluding carboxylic acids is 2. The molecule has 0 radical (unpaired) electrons. The van der Waals surface area contributed by atoms with Gasteiger partial charge in [-0.05, 0) is 30.3 Å². The molecule has 2 aromatic rings. The van der Waals surface area contributed by atoms with Gasteiger partial charge in [-0.15, -0.1) is 0 Å². The molecule has 2 rings (SSSR count). The minimum atomic E-state index is -0.564. The zero-order valence-electron chi connectivity index (χ0n) is 13.0. The van der Waals surface area contributed by atoms with Gasteiger partial charge in [-0.1, -0.05) is 19.1 Å². The van der Waals surface area contributed by atoms with Crippen LogP contribution in [0.5, 0.6) is 5.75 Å². The lowest BCUT2D eigenvalue weighted by molar-refractivity contribution is -0.385. The van der Waals surface area contributed by atoms with E-state index in [0.717, 1.165) is 0 Å². The summed E-state index contributed by atoms with van der Waals surface area (Å²) >= 11 is 0. The van der Waals surface area contributed by atoms with Gasteiger partial charge in [-0.2, -0.15) is 0 Å². The number of amides is 1. The lowest BCUT2D eigenvalue weighted by Crippen LogP contribution is -2.13. The molecule has 7 heteroatoms. The second-order valence-corrected chi connectivity index (χ2v) is 4.92. The molecule has 124 valence electrons. The first-order valence-electron chi connectivity index (χ1n) is 7.30. The van der Waals surface area contributed by atoms with Crippen molar-refractivity contribution in [3.05, 3.63) is 64.2 Å². The van der Waals surface area contributed by atoms with Gasteiger partial charge in [0.1, 0.15) is 0 Å². The van der Waals surface area contributed by atoms with Crippen LogP contribution in [0.2, 0.25) is 0 Å². The van der Waals surface area contributed by atoms with Crippen LogP contribution in [0.1, 0.15) is 23.7 Å². The summed E-state index contributed by atoms with van der Waals surface area (Å²) in [4.78, 5) is 33.7. The van der Waals surface area contributed by atoms with Gasteiger partial charge in [-0.3, -0.25) is 19.7 Å². The van der Waals surface area contributed by atoms with Crippen molar-refractivity contribution in [2.24, 2.45) is 0 Å². The summed E-state index contributed by atoms with van der Waals surface area (Å²) in [5.74, 6) is -0.391. The van der Waals surface area contributed by atoms with Crippen molar-refractivity contribution in [1.29, 1.82) is 0 Å². The predicted octanol–water partition coefficient (Wildman–Crippen LogP) is 3.21. The maximum Gasteiger partial charge on any atom is 0.310 e. The summed E-state index contributed by atoms with van der Waals surface area (Å²) in [5, 5.41) is 13.6. The number of hydrogen-bond acceptors (Lipinski definition) is 5. The molecule has 0 aliphatic rings. The largest absolute Gasteiger partial charge is 0.478 e. The fourth-order valence-corrected chi connectivity index (χ4v) is 1.95. The van der Waals surface area contributed by atoms with E-state index >= 15 is 0 Å². The Morgan fingerprint density at radius 1 is 1.12 bits per heavy atom. The first-order chi connectivity index (χ1) is 11.5. The van der Waals surface area contributed by atoms with Gasteiger partial charge >= 0.3 is 5.69 Å². The molecule has 7 nitrogen and oxygen atoms in total. The summed E-state index contributed by atoms with van der Waals surface area (Å²) in [7, 11) is 0. The van der Waals surface area contributed by atoms with Crippen LogP contribution in [-0.4, -0.2) is 23.2 Å². The molecule has 1 N–H and O–H groups in total. The van der Waals surface area contributed by atoms with Gasteiger partial charge in [0.2, 0.25) is 5.91 Å². The van der Waals surface area contributed by atoms with Crippen molar-refractivity contribution in [2.45, 2.75) is 13.3 Å². The first kappa shape index (κ1) is 17.1. The molecule has 0 fully saturated rings. The Balaban J connectivity index is 2.00. The molecule has 0 aliphatic heterocycles. The highest BCUT2D eigenvalue weighted by Crippen LogP contribution is 2.25. The fourth-order valence-electron chi connectivity index (χ4n) is 1.95. The third kappa shape index (κ3) is 4.39. The predicted molar refractivity (Wildman–Crippen MR) is 88.3 cm³/mol. The van der Waals surface area contributed by atoms with E-state index in [2.05, 4.69) is 5.32 Å². The third-order valence-corrected chi connectivity index (χ3v) is 3.23. The third-order valence-electron chi connectivity index (χ3n) is 3.23. The lowest BCUT2D eigenvalue weighted by atomic mass is 10.1. The van der Waals surface area contributed by atoms with E-state index in [4.69, 9.17) is 4.74 Å². The van der Waals surface area contributed by atoms with Gasteiger partial charge in [0.05, 0.1) is 4.92 Å². The Bertz CT molecular complexity index is 756. The number of carbonyl (C=O) groups is 2. The Labute approximate surface area is 138 Å². The van der Waals surface area contributed by atoms with Crippen LogP contribution in [-0.2, 0) is 4.79 Å². The Morgan fingerprint density at radius 2 is 1.79 bits per heavy atom. The van der Waals surface area contributed by atoms with Crippen LogP contribution < -0.4 is 10.1 Å². The van der Waals surface area contributed by atoms with Crippen molar-refractivity contribution in [3.8, 4) is 5.75 Å². The molecule has 0 unspecified atom stereocenters. The molecule has 0 bridgehead atoms. The number of nitro benzene ring substituents is 1. The van der Waals surface area contributed by atoms with E-state index in [1.54, 1.807) is 37.3 Å². The molecule has 2 aromatic carbocycles. The Hall–Kier alpha value is -3.22. The maximum atomic E-state index is 12.1. The topological polar surface area (TPSA) is 98.5 Å². The van der Waals surface area contributed by atoms with Gasteiger partial charge in [-0.25, -0.2) is 0 Å². The Morgan fingerprint density at radius 3 is 2.42 bits per heavy atom. The summed E-state index contributed by atoms with van der Waals surface area (Å²) in [6, 6.07) is 12.2. The van der Waals surface area contributed by atoms with E-state index in [0.29, 0.717) is 17.7 Å². The fraction of sp³-hybridized carbons (Fsp3) is 0.176. The van der Waals surface area contributed by atoms with Crippen LogP contribution in [0.4, 0.5) is 11.4 Å². The second-order valence-electron chi connectivity index (χ2n) is 4.92. The van der Waals surface area contributed by atoms with Crippen LogP contribution in [0.25, 0.3) is 0 Å². The monoisotopic (exact) mass is 328 g/mol. The van der Waals surface area contributed by atoms with E-state index in [-0.39, 0.29) is 29.7 Å². The molecular weight excluding hydrogens is 312 g/mol. The number of benzene rings is 2. The van der Waals surface area contributed by atoms with Gasteiger partial charge < -0.3 is 10.1 Å². The minimum Gasteiger partial charge on any atom is -0.478 e. The Kier molecular flexibility index (Phi) is 5.62. The number of nitrogens with zero attached hydrogens (tertiary/aromatic N) is 1. The van der Waals surface area contributed by atoms with Crippen LogP contribution in [0.3, 0.4) is 0 Å². The molecule has 0 atom stereocenters. The second kappa shape index (κ2) is 7.87. The van der Waals surface area contributed by atoms with E-state index < -0.39 is 4.92 Å². The number of ether oxygens (including phenoxy) is 1. The number of ketones is 1. The molecule has 0 saturated carbocycles. The van der Waals surface area contributed by atoms with Crippen molar-refractivity contribution >= 4 is 23.1 Å². The number of para-hydroxylation sites is 2. The van der Waals surface area contributed by atoms with Crippen molar-refractivity contribution in [3.63, 3.8) is 0 Å². The molecule has 0 aromatic heterocycles. The van der Waals surface area contributed by atoms with E-state index in [1.807, 2.05) is 0 Å². The number of rotatable bonds is 7. The number of anilines is 1. The van der Waals surface area contributed by atoms with Crippen LogP contribution in [0, 0.1) is 10.1 Å². The van der Waals surface area contributed by atoms with Crippen LogP contribution >= 0.6 is 0 Å². The highest BCUT2D eigenvalue weighted by atomic mass is 16.6. The van der Waals surface area contributed by atoms with Crippen LogP contribution in [0.15, 0.2) is 48.5 Å². The van der Waals surface area contributed by atoms with Crippen molar-refractivity contribution in [1.82, 2.24) is 0 Å². The summed E-state index contributed by atoms with van der Waals surface area (Å²) < 4.78 is 5.27. The zero-order chi connectivity index (χ0) is 17.5. The molecule has 0 saturated heterocycles. The zero-order valence-corrected chi connectivity index (χ0v) is 13.0.